The van der Waals surface area contributed by atoms with Gasteiger partial charge in [-0.1, -0.05) is 34.1 Å². The minimum atomic E-state index is -0.199. The first-order valence-corrected chi connectivity index (χ1v) is 12.2. The molecule has 0 heterocycles. The Morgan fingerprint density at radius 2 is 1.61 bits per heavy atom. The fraction of sp³-hybridized carbons (Fsp3) is 1.00. The van der Waals surface area contributed by atoms with Gasteiger partial charge in [-0.25, -0.2) is 0 Å². The number of rotatable bonds is 4. The zero-order valence-corrected chi connectivity index (χ0v) is 18.6. The maximum absolute atomic E-state index is 11.7. The summed E-state index contributed by atoms with van der Waals surface area (Å²) in [5.74, 6) is 3.78. The number of aliphatic hydroxyl groups is 3. The monoisotopic (exact) mass is 392 g/mol. The highest BCUT2D eigenvalue weighted by molar-refractivity contribution is 5.13. The second-order valence-corrected chi connectivity index (χ2v) is 11.6. The first-order chi connectivity index (χ1) is 13.3. The minimum Gasteiger partial charge on any atom is -0.396 e. The zero-order valence-electron chi connectivity index (χ0n) is 18.6. The standard InChI is InChI=1S/C25H44O3/c1-5-17-21-14-16(27)8-11-25(21,4)20-9-12-24(3)18(15(2)10-13-26)6-7-19(24)22(20)23(17)28/h15-23,26-28H,5-14H2,1-4H3/t15-,16-,17-,18?,19+,20+,21+,22?,23-,24-,25-/m1/s1. The molecule has 4 rings (SSSR count). The maximum Gasteiger partial charge on any atom is 0.0605 e. The van der Waals surface area contributed by atoms with Crippen molar-refractivity contribution >= 4 is 0 Å². The summed E-state index contributed by atoms with van der Waals surface area (Å²) in [6.07, 6.45) is 9.62. The van der Waals surface area contributed by atoms with Crippen molar-refractivity contribution in [3.05, 3.63) is 0 Å². The summed E-state index contributed by atoms with van der Waals surface area (Å²) in [4.78, 5) is 0. The molecule has 4 aliphatic carbocycles. The van der Waals surface area contributed by atoms with E-state index in [0.29, 0.717) is 58.9 Å². The Labute approximate surface area is 172 Å². The Bertz CT molecular complexity index is 564. The largest absolute Gasteiger partial charge is 0.396 e. The summed E-state index contributed by atoms with van der Waals surface area (Å²) in [5.41, 5.74) is 0.617. The summed E-state index contributed by atoms with van der Waals surface area (Å²) < 4.78 is 0. The lowest BCUT2D eigenvalue weighted by atomic mass is 9.41. The lowest BCUT2D eigenvalue weighted by Gasteiger charge is -2.64. The Morgan fingerprint density at radius 3 is 2.29 bits per heavy atom. The molecule has 4 saturated carbocycles. The van der Waals surface area contributed by atoms with Crippen molar-refractivity contribution in [3.8, 4) is 0 Å². The lowest BCUT2D eigenvalue weighted by Crippen LogP contribution is -2.62. The highest BCUT2D eigenvalue weighted by Crippen LogP contribution is 2.69. The van der Waals surface area contributed by atoms with Crippen LogP contribution in [0.5, 0.6) is 0 Å². The van der Waals surface area contributed by atoms with Crippen molar-refractivity contribution in [2.45, 2.75) is 97.7 Å². The summed E-state index contributed by atoms with van der Waals surface area (Å²) in [5, 5.41) is 31.6. The zero-order chi connectivity index (χ0) is 20.3. The number of aliphatic hydroxyl groups excluding tert-OH is 3. The SMILES string of the molecule is CC[C@H]1[C@@H](O)C2[C@H](CC[C@]3(C)C([C@H](C)CCO)CC[C@@H]23)[C@@]2(C)CC[C@@H](O)C[C@@H]12. The van der Waals surface area contributed by atoms with E-state index in [2.05, 4.69) is 27.7 Å². The van der Waals surface area contributed by atoms with Gasteiger partial charge in [0.2, 0.25) is 0 Å². The summed E-state index contributed by atoms with van der Waals surface area (Å²) in [6, 6.07) is 0. The topological polar surface area (TPSA) is 60.7 Å². The number of hydrogen-bond donors (Lipinski definition) is 3. The van der Waals surface area contributed by atoms with Gasteiger partial charge in [-0.3, -0.25) is 0 Å². The summed E-state index contributed by atoms with van der Waals surface area (Å²) in [6.45, 7) is 9.92. The molecule has 0 radical (unpaired) electrons. The molecular weight excluding hydrogens is 348 g/mol. The van der Waals surface area contributed by atoms with E-state index < -0.39 is 0 Å². The first-order valence-electron chi connectivity index (χ1n) is 12.2. The van der Waals surface area contributed by atoms with Crippen LogP contribution in [-0.4, -0.2) is 34.1 Å². The molecule has 11 atom stereocenters. The molecule has 0 aromatic heterocycles. The van der Waals surface area contributed by atoms with E-state index in [0.717, 1.165) is 32.1 Å². The van der Waals surface area contributed by atoms with E-state index in [4.69, 9.17) is 0 Å². The van der Waals surface area contributed by atoms with Gasteiger partial charge in [0.25, 0.3) is 0 Å². The molecule has 3 nitrogen and oxygen atoms in total. The van der Waals surface area contributed by atoms with Crippen molar-refractivity contribution < 1.29 is 15.3 Å². The van der Waals surface area contributed by atoms with Crippen LogP contribution >= 0.6 is 0 Å². The highest BCUT2D eigenvalue weighted by Gasteiger charge is 2.64. The van der Waals surface area contributed by atoms with Gasteiger partial charge in [0, 0.05) is 6.61 Å². The quantitative estimate of drug-likeness (QED) is 0.653. The average Bonchev–Trinajstić information content (AvgIpc) is 3.01. The second kappa shape index (κ2) is 7.54. The van der Waals surface area contributed by atoms with E-state index in [1.165, 1.54) is 25.7 Å². The molecule has 2 unspecified atom stereocenters. The maximum atomic E-state index is 11.7. The molecular formula is C25H44O3. The Kier molecular flexibility index (Phi) is 5.69. The van der Waals surface area contributed by atoms with E-state index in [9.17, 15) is 15.3 Å². The van der Waals surface area contributed by atoms with Gasteiger partial charge in [0.15, 0.2) is 0 Å². The van der Waals surface area contributed by atoms with Crippen molar-refractivity contribution in [1.29, 1.82) is 0 Å². The average molecular weight is 393 g/mol. The van der Waals surface area contributed by atoms with Crippen LogP contribution in [-0.2, 0) is 0 Å². The van der Waals surface area contributed by atoms with Gasteiger partial charge in [-0.2, -0.15) is 0 Å². The molecule has 0 amide bonds. The normalized spacial score (nSPS) is 54.5. The third-order valence-electron chi connectivity index (χ3n) is 10.7. The van der Waals surface area contributed by atoms with Gasteiger partial charge < -0.3 is 15.3 Å². The molecule has 0 aliphatic heterocycles. The Balaban J connectivity index is 1.67. The van der Waals surface area contributed by atoms with Crippen LogP contribution in [0.1, 0.15) is 85.5 Å². The van der Waals surface area contributed by atoms with E-state index >= 15 is 0 Å². The van der Waals surface area contributed by atoms with Crippen molar-refractivity contribution in [1.82, 2.24) is 0 Å². The second-order valence-electron chi connectivity index (χ2n) is 11.6. The molecule has 4 fully saturated rings. The highest BCUT2D eigenvalue weighted by atomic mass is 16.3. The molecule has 3 heteroatoms. The number of hydrogen-bond acceptors (Lipinski definition) is 3. The third kappa shape index (κ3) is 2.94. The molecule has 28 heavy (non-hydrogen) atoms. The van der Waals surface area contributed by atoms with Gasteiger partial charge in [-0.05, 0) is 104 Å². The molecule has 0 bridgehead atoms. The van der Waals surface area contributed by atoms with Crippen molar-refractivity contribution in [2.75, 3.05) is 6.61 Å². The molecule has 0 saturated heterocycles. The summed E-state index contributed by atoms with van der Waals surface area (Å²) in [7, 11) is 0. The predicted molar refractivity (Wildman–Crippen MR) is 113 cm³/mol. The van der Waals surface area contributed by atoms with E-state index in [1.54, 1.807) is 0 Å². The first kappa shape index (κ1) is 21.1. The van der Waals surface area contributed by atoms with Crippen molar-refractivity contribution in [3.63, 3.8) is 0 Å². The van der Waals surface area contributed by atoms with Crippen LogP contribution in [0.4, 0.5) is 0 Å². The summed E-state index contributed by atoms with van der Waals surface area (Å²) >= 11 is 0. The van der Waals surface area contributed by atoms with E-state index in [-0.39, 0.29) is 12.2 Å². The third-order valence-corrected chi connectivity index (χ3v) is 10.7. The fourth-order valence-electron chi connectivity index (χ4n) is 9.34. The fourth-order valence-corrected chi connectivity index (χ4v) is 9.34. The van der Waals surface area contributed by atoms with Gasteiger partial charge in [0.1, 0.15) is 0 Å². The number of fused-ring (bicyclic) bond motifs is 5. The van der Waals surface area contributed by atoms with Gasteiger partial charge >= 0.3 is 0 Å². The predicted octanol–water partition coefficient (Wildman–Crippen LogP) is 4.63. The van der Waals surface area contributed by atoms with Crippen LogP contribution in [0.25, 0.3) is 0 Å². The minimum absolute atomic E-state index is 0.167. The molecule has 0 aromatic rings. The molecule has 4 aliphatic rings. The molecule has 162 valence electrons. The Hall–Kier alpha value is -0.120. The van der Waals surface area contributed by atoms with Gasteiger partial charge in [0.05, 0.1) is 12.2 Å². The molecule has 3 N–H and O–H groups in total. The molecule has 0 spiro atoms. The molecule has 0 aromatic carbocycles. The smallest absolute Gasteiger partial charge is 0.0605 e. The van der Waals surface area contributed by atoms with Crippen LogP contribution < -0.4 is 0 Å². The lowest BCUT2D eigenvalue weighted by molar-refractivity contribution is -0.203. The van der Waals surface area contributed by atoms with Crippen molar-refractivity contribution in [2.24, 2.45) is 52.3 Å². The van der Waals surface area contributed by atoms with Gasteiger partial charge in [-0.15, -0.1) is 0 Å². The van der Waals surface area contributed by atoms with Crippen LogP contribution in [0.2, 0.25) is 0 Å². The van der Waals surface area contributed by atoms with Crippen LogP contribution in [0, 0.1) is 52.3 Å². The van der Waals surface area contributed by atoms with E-state index in [1.807, 2.05) is 0 Å². The Morgan fingerprint density at radius 1 is 0.929 bits per heavy atom. The van der Waals surface area contributed by atoms with Crippen LogP contribution in [0.3, 0.4) is 0 Å². The van der Waals surface area contributed by atoms with Crippen LogP contribution in [0.15, 0.2) is 0 Å².